The molecule has 0 aromatic heterocycles. The molecule has 5 heteroatoms. The van der Waals surface area contributed by atoms with Crippen LogP contribution in [0.5, 0.6) is 0 Å². The molecule has 0 amide bonds. The lowest BCUT2D eigenvalue weighted by Crippen LogP contribution is -2.30. The zero-order chi connectivity index (χ0) is 12.8. The molecule has 0 bridgehead atoms. The second-order valence-electron chi connectivity index (χ2n) is 4.51. The summed E-state index contributed by atoms with van der Waals surface area (Å²) in [4.78, 5) is 10.1. The number of hydrogen-bond donors (Lipinski definition) is 2. The van der Waals surface area contributed by atoms with Crippen molar-refractivity contribution >= 4 is 11.4 Å². The van der Waals surface area contributed by atoms with Crippen LogP contribution in [0.3, 0.4) is 0 Å². The van der Waals surface area contributed by atoms with Crippen LogP contribution in [-0.4, -0.2) is 17.5 Å². The van der Waals surface area contributed by atoms with Crippen molar-refractivity contribution in [2.75, 3.05) is 11.9 Å². The van der Waals surface area contributed by atoms with Crippen LogP contribution in [-0.2, 0) is 0 Å². The van der Waals surface area contributed by atoms with E-state index in [1.165, 1.54) is 12.1 Å². The third-order valence-corrected chi connectivity index (χ3v) is 2.49. The molecular weight excluding hydrogens is 218 g/mol. The topological polar surface area (TPSA) is 81.2 Å². The second kappa shape index (κ2) is 6.20. The molecule has 1 unspecified atom stereocenters. The molecule has 0 aliphatic heterocycles. The second-order valence-corrected chi connectivity index (χ2v) is 4.51. The number of benzene rings is 1. The highest BCUT2D eigenvalue weighted by Gasteiger charge is 2.10. The molecule has 3 N–H and O–H groups in total. The quantitative estimate of drug-likeness (QED) is 0.588. The summed E-state index contributed by atoms with van der Waals surface area (Å²) in [5, 5.41) is 13.8. The van der Waals surface area contributed by atoms with Gasteiger partial charge in [-0.1, -0.05) is 13.8 Å². The summed E-state index contributed by atoms with van der Waals surface area (Å²) in [5.41, 5.74) is 6.64. The largest absolute Gasteiger partial charge is 0.381 e. The van der Waals surface area contributed by atoms with Crippen molar-refractivity contribution in [2.24, 2.45) is 11.7 Å². The number of anilines is 1. The molecule has 0 aliphatic carbocycles. The van der Waals surface area contributed by atoms with Gasteiger partial charge in [0.05, 0.1) is 4.92 Å². The van der Waals surface area contributed by atoms with Crippen molar-refractivity contribution in [3.63, 3.8) is 0 Å². The highest BCUT2D eigenvalue weighted by molar-refractivity contribution is 5.49. The molecule has 0 radical (unpaired) electrons. The Morgan fingerprint density at radius 3 is 2.35 bits per heavy atom. The molecule has 1 atom stereocenters. The molecule has 1 rings (SSSR count). The van der Waals surface area contributed by atoms with Crippen LogP contribution in [0.2, 0.25) is 0 Å². The third-order valence-electron chi connectivity index (χ3n) is 2.49. The number of nitrogens with two attached hydrogens (primary N) is 1. The highest BCUT2D eigenvalue weighted by Crippen LogP contribution is 2.17. The number of rotatable bonds is 6. The minimum Gasteiger partial charge on any atom is -0.381 e. The third kappa shape index (κ3) is 4.40. The normalized spacial score (nSPS) is 12.5. The van der Waals surface area contributed by atoms with Gasteiger partial charge in [-0.05, 0) is 24.5 Å². The van der Waals surface area contributed by atoms with E-state index < -0.39 is 4.92 Å². The Morgan fingerprint density at radius 1 is 1.35 bits per heavy atom. The molecule has 5 nitrogen and oxygen atoms in total. The number of nitrogens with one attached hydrogen (secondary N) is 1. The van der Waals surface area contributed by atoms with Gasteiger partial charge in [0.25, 0.3) is 5.69 Å². The first kappa shape index (κ1) is 13.4. The standard InChI is InChI=1S/C12H19N3O2/c1-9(2)7-11(8-13)14-10-3-5-12(6-4-10)15(16)17/h3-6,9,11,14H,7-8,13H2,1-2H3. The zero-order valence-corrected chi connectivity index (χ0v) is 10.2. The van der Waals surface area contributed by atoms with E-state index in [-0.39, 0.29) is 11.7 Å². The van der Waals surface area contributed by atoms with Crippen molar-refractivity contribution in [3.8, 4) is 0 Å². The summed E-state index contributed by atoms with van der Waals surface area (Å²) in [6.07, 6.45) is 0.980. The van der Waals surface area contributed by atoms with E-state index in [9.17, 15) is 10.1 Å². The first-order valence-corrected chi connectivity index (χ1v) is 5.74. The number of nitrogens with zero attached hydrogens (tertiary/aromatic N) is 1. The van der Waals surface area contributed by atoms with Gasteiger partial charge >= 0.3 is 0 Å². The smallest absolute Gasteiger partial charge is 0.269 e. The summed E-state index contributed by atoms with van der Waals surface area (Å²) in [7, 11) is 0. The average molecular weight is 237 g/mol. The maximum Gasteiger partial charge on any atom is 0.269 e. The maximum atomic E-state index is 10.5. The van der Waals surface area contributed by atoms with E-state index in [1.807, 2.05) is 0 Å². The molecule has 0 saturated heterocycles. The van der Waals surface area contributed by atoms with Crippen LogP contribution in [0.25, 0.3) is 0 Å². The Balaban J connectivity index is 2.64. The molecular formula is C12H19N3O2. The lowest BCUT2D eigenvalue weighted by atomic mass is 10.0. The first-order chi connectivity index (χ1) is 8.02. The van der Waals surface area contributed by atoms with Crippen molar-refractivity contribution in [1.82, 2.24) is 0 Å². The fraction of sp³-hybridized carbons (Fsp3) is 0.500. The lowest BCUT2D eigenvalue weighted by Gasteiger charge is -2.19. The van der Waals surface area contributed by atoms with Gasteiger partial charge in [0.1, 0.15) is 0 Å². The fourth-order valence-corrected chi connectivity index (χ4v) is 1.70. The van der Waals surface area contributed by atoms with Crippen molar-refractivity contribution in [3.05, 3.63) is 34.4 Å². The van der Waals surface area contributed by atoms with Crippen LogP contribution in [0.4, 0.5) is 11.4 Å². The van der Waals surface area contributed by atoms with Gasteiger partial charge in [-0.25, -0.2) is 0 Å². The summed E-state index contributed by atoms with van der Waals surface area (Å²) in [6.45, 7) is 4.83. The molecule has 0 spiro atoms. The van der Waals surface area contributed by atoms with Gasteiger partial charge in [-0.2, -0.15) is 0 Å². The van der Waals surface area contributed by atoms with E-state index in [0.29, 0.717) is 12.5 Å². The Bertz CT molecular complexity index is 363. The predicted octanol–water partition coefficient (Wildman–Crippen LogP) is 2.38. The Labute approximate surface area is 101 Å². The van der Waals surface area contributed by atoms with Crippen LogP contribution in [0.1, 0.15) is 20.3 Å². The van der Waals surface area contributed by atoms with Gasteiger partial charge in [0.2, 0.25) is 0 Å². The van der Waals surface area contributed by atoms with Crippen molar-refractivity contribution in [1.29, 1.82) is 0 Å². The summed E-state index contributed by atoms with van der Waals surface area (Å²) in [6, 6.07) is 6.61. The summed E-state index contributed by atoms with van der Waals surface area (Å²) >= 11 is 0. The first-order valence-electron chi connectivity index (χ1n) is 5.74. The maximum absolute atomic E-state index is 10.5. The van der Waals surface area contributed by atoms with Crippen molar-refractivity contribution < 1.29 is 4.92 Å². The lowest BCUT2D eigenvalue weighted by molar-refractivity contribution is -0.384. The van der Waals surface area contributed by atoms with Gasteiger partial charge in [0, 0.05) is 30.4 Å². The Morgan fingerprint density at radius 2 is 1.94 bits per heavy atom. The van der Waals surface area contributed by atoms with E-state index >= 15 is 0 Å². The van der Waals surface area contributed by atoms with E-state index in [2.05, 4.69) is 19.2 Å². The average Bonchev–Trinajstić information content (AvgIpc) is 2.28. The number of hydrogen-bond acceptors (Lipinski definition) is 4. The minimum absolute atomic E-state index is 0.101. The van der Waals surface area contributed by atoms with E-state index in [4.69, 9.17) is 5.73 Å². The number of non-ortho nitro benzene ring substituents is 1. The van der Waals surface area contributed by atoms with Crippen LogP contribution >= 0.6 is 0 Å². The molecule has 0 fully saturated rings. The Kier molecular flexibility index (Phi) is 4.90. The number of nitro benzene ring substituents is 1. The predicted molar refractivity (Wildman–Crippen MR) is 69.0 cm³/mol. The van der Waals surface area contributed by atoms with Gasteiger partial charge in [0.15, 0.2) is 0 Å². The number of nitro groups is 1. The van der Waals surface area contributed by atoms with Crippen LogP contribution < -0.4 is 11.1 Å². The van der Waals surface area contributed by atoms with Gasteiger partial charge in [-0.3, -0.25) is 10.1 Å². The fourth-order valence-electron chi connectivity index (χ4n) is 1.70. The molecule has 1 aromatic rings. The van der Waals surface area contributed by atoms with Gasteiger partial charge in [-0.15, -0.1) is 0 Å². The highest BCUT2D eigenvalue weighted by atomic mass is 16.6. The molecule has 94 valence electrons. The van der Waals surface area contributed by atoms with E-state index in [0.717, 1.165) is 12.1 Å². The zero-order valence-electron chi connectivity index (χ0n) is 10.2. The monoisotopic (exact) mass is 237 g/mol. The molecule has 1 aromatic carbocycles. The summed E-state index contributed by atoms with van der Waals surface area (Å²) in [5.74, 6) is 0.564. The van der Waals surface area contributed by atoms with Crippen molar-refractivity contribution in [2.45, 2.75) is 26.3 Å². The molecule has 0 aliphatic rings. The van der Waals surface area contributed by atoms with Crippen LogP contribution in [0, 0.1) is 16.0 Å². The molecule has 0 heterocycles. The SMILES string of the molecule is CC(C)CC(CN)Nc1ccc([N+](=O)[O-])cc1. The van der Waals surface area contributed by atoms with E-state index in [1.54, 1.807) is 12.1 Å². The minimum atomic E-state index is -0.404. The molecule has 0 saturated carbocycles. The van der Waals surface area contributed by atoms with Gasteiger partial charge < -0.3 is 11.1 Å². The summed E-state index contributed by atoms with van der Waals surface area (Å²) < 4.78 is 0. The van der Waals surface area contributed by atoms with Crippen LogP contribution in [0.15, 0.2) is 24.3 Å². The Hall–Kier alpha value is -1.62. The molecule has 17 heavy (non-hydrogen) atoms.